The summed E-state index contributed by atoms with van der Waals surface area (Å²) in [6.07, 6.45) is 4.35. The van der Waals surface area contributed by atoms with Crippen molar-refractivity contribution in [1.29, 1.82) is 0 Å². The van der Waals surface area contributed by atoms with Crippen LogP contribution in [-0.2, 0) is 4.74 Å². The van der Waals surface area contributed by atoms with Crippen molar-refractivity contribution in [2.45, 2.75) is 49.5 Å². The molecule has 4 rings (SSSR count). The van der Waals surface area contributed by atoms with Gasteiger partial charge in [-0.05, 0) is 31.7 Å². The molecule has 90 valence electrons. The van der Waals surface area contributed by atoms with Crippen LogP contribution in [0.3, 0.4) is 0 Å². The van der Waals surface area contributed by atoms with Gasteiger partial charge in [-0.3, -0.25) is 0 Å². The maximum atomic E-state index is 5.94. The highest BCUT2D eigenvalue weighted by molar-refractivity contribution is 5.12. The van der Waals surface area contributed by atoms with Crippen molar-refractivity contribution in [2.75, 3.05) is 19.7 Å². The number of fused-ring (bicyclic) bond motifs is 2. The third-order valence-electron chi connectivity index (χ3n) is 4.94. The van der Waals surface area contributed by atoms with Gasteiger partial charge in [-0.15, -0.1) is 0 Å². The quantitative estimate of drug-likeness (QED) is 0.558. The molecule has 0 radical (unpaired) electrons. The van der Waals surface area contributed by atoms with Crippen molar-refractivity contribution in [1.82, 2.24) is 16.0 Å². The maximum Gasteiger partial charge on any atom is 0.0884 e. The second kappa shape index (κ2) is 3.67. The predicted octanol–water partition coefficient (Wildman–Crippen LogP) is -0.544. The molecule has 0 saturated carbocycles. The van der Waals surface area contributed by atoms with Gasteiger partial charge in [0.25, 0.3) is 0 Å². The molecule has 0 aliphatic carbocycles. The van der Waals surface area contributed by atoms with Crippen molar-refractivity contribution < 1.29 is 4.74 Å². The van der Waals surface area contributed by atoms with Gasteiger partial charge < -0.3 is 20.7 Å². The summed E-state index contributed by atoms with van der Waals surface area (Å²) >= 11 is 0. The fourth-order valence-electron chi connectivity index (χ4n) is 3.96. The lowest BCUT2D eigenvalue weighted by molar-refractivity contribution is -0.115. The van der Waals surface area contributed by atoms with Crippen LogP contribution in [-0.4, -0.2) is 50.0 Å². The molecular formula is C12H21N3O. The van der Waals surface area contributed by atoms with Crippen LogP contribution in [0.2, 0.25) is 0 Å². The molecule has 6 unspecified atom stereocenters. The highest BCUT2D eigenvalue weighted by atomic mass is 16.5. The minimum absolute atomic E-state index is 0.514. The van der Waals surface area contributed by atoms with Crippen LogP contribution in [0.15, 0.2) is 0 Å². The van der Waals surface area contributed by atoms with Gasteiger partial charge in [0.1, 0.15) is 0 Å². The second-order valence-corrected chi connectivity index (χ2v) is 5.72. The van der Waals surface area contributed by atoms with Gasteiger partial charge in [0.15, 0.2) is 0 Å². The molecule has 0 amide bonds. The Morgan fingerprint density at radius 3 is 2.81 bits per heavy atom. The number of hydrogen-bond donors (Lipinski definition) is 3. The molecule has 4 aliphatic rings. The van der Waals surface area contributed by atoms with E-state index in [1.165, 1.54) is 25.8 Å². The molecule has 0 bridgehead atoms. The molecule has 4 nitrogen and oxygen atoms in total. The summed E-state index contributed by atoms with van der Waals surface area (Å²) in [4.78, 5) is 0. The Hall–Kier alpha value is -0.160. The van der Waals surface area contributed by atoms with E-state index < -0.39 is 0 Å². The lowest BCUT2D eigenvalue weighted by Crippen LogP contribution is -2.78. The Morgan fingerprint density at radius 2 is 2.00 bits per heavy atom. The van der Waals surface area contributed by atoms with Crippen LogP contribution in [0.1, 0.15) is 19.3 Å². The van der Waals surface area contributed by atoms with Crippen molar-refractivity contribution in [2.24, 2.45) is 5.92 Å². The van der Waals surface area contributed by atoms with Crippen LogP contribution in [0.25, 0.3) is 0 Å². The molecule has 16 heavy (non-hydrogen) atoms. The lowest BCUT2D eigenvalue weighted by atomic mass is 9.70. The Kier molecular flexibility index (Phi) is 2.25. The van der Waals surface area contributed by atoms with Crippen LogP contribution >= 0.6 is 0 Å². The van der Waals surface area contributed by atoms with E-state index in [1.54, 1.807) is 0 Å². The molecule has 0 aromatic heterocycles. The van der Waals surface area contributed by atoms with E-state index in [9.17, 15) is 0 Å². The fraction of sp³-hybridized carbons (Fsp3) is 1.00. The predicted molar refractivity (Wildman–Crippen MR) is 61.4 cm³/mol. The van der Waals surface area contributed by atoms with Gasteiger partial charge in [0.2, 0.25) is 0 Å². The highest BCUT2D eigenvalue weighted by Gasteiger charge is 2.52. The largest absolute Gasteiger partial charge is 0.375 e. The first kappa shape index (κ1) is 9.83. The Labute approximate surface area is 96.5 Å². The standard InChI is InChI=1S/C12H21N3O/c1-2-8-12(16-5-1)11(15-8)7-3-4-13-9-6-14-10(7)9/h7-15H,1-6H2. The number of nitrogens with one attached hydrogen (secondary N) is 3. The first-order valence-electron chi connectivity index (χ1n) is 6.78. The zero-order valence-corrected chi connectivity index (χ0v) is 9.61. The molecule has 4 heterocycles. The van der Waals surface area contributed by atoms with E-state index in [-0.39, 0.29) is 0 Å². The second-order valence-electron chi connectivity index (χ2n) is 5.72. The third-order valence-corrected chi connectivity index (χ3v) is 4.94. The van der Waals surface area contributed by atoms with E-state index >= 15 is 0 Å². The topological polar surface area (TPSA) is 45.3 Å². The molecule has 0 aromatic carbocycles. The molecule has 4 heteroatoms. The summed E-state index contributed by atoms with van der Waals surface area (Å²) in [6.45, 7) is 3.32. The van der Waals surface area contributed by atoms with E-state index in [4.69, 9.17) is 4.74 Å². The van der Waals surface area contributed by atoms with Crippen molar-refractivity contribution >= 4 is 0 Å². The van der Waals surface area contributed by atoms with Gasteiger partial charge in [-0.2, -0.15) is 0 Å². The van der Waals surface area contributed by atoms with E-state index in [0.717, 1.165) is 25.1 Å². The van der Waals surface area contributed by atoms with Gasteiger partial charge in [0.05, 0.1) is 6.10 Å². The zero-order chi connectivity index (χ0) is 10.5. The summed E-state index contributed by atoms with van der Waals surface area (Å²) in [6, 6.07) is 2.70. The van der Waals surface area contributed by atoms with E-state index in [2.05, 4.69) is 16.0 Å². The number of hydrogen-bond acceptors (Lipinski definition) is 4. The monoisotopic (exact) mass is 223 g/mol. The summed E-state index contributed by atoms with van der Waals surface area (Å²) in [5.74, 6) is 0.777. The normalized spacial score (nSPS) is 55.5. The Balaban J connectivity index is 1.45. The summed E-state index contributed by atoms with van der Waals surface area (Å²) in [7, 11) is 0. The first-order valence-corrected chi connectivity index (χ1v) is 6.78. The number of ether oxygens (including phenoxy) is 1. The van der Waals surface area contributed by atoms with Crippen LogP contribution in [0.4, 0.5) is 0 Å². The smallest absolute Gasteiger partial charge is 0.0884 e. The van der Waals surface area contributed by atoms with Crippen LogP contribution in [0.5, 0.6) is 0 Å². The van der Waals surface area contributed by atoms with Crippen LogP contribution in [0, 0.1) is 5.92 Å². The summed E-state index contributed by atoms with van der Waals surface area (Å²) in [5, 5.41) is 10.9. The van der Waals surface area contributed by atoms with Crippen molar-refractivity contribution in [3.63, 3.8) is 0 Å². The summed E-state index contributed by atoms with van der Waals surface area (Å²) in [5.41, 5.74) is 0. The molecule has 0 aromatic rings. The van der Waals surface area contributed by atoms with Gasteiger partial charge >= 0.3 is 0 Å². The SMILES string of the molecule is C1COC2C(C1)NC2C1CCNC2CNC21. The highest BCUT2D eigenvalue weighted by Crippen LogP contribution is 2.36. The van der Waals surface area contributed by atoms with E-state index in [1.807, 2.05) is 0 Å². The zero-order valence-electron chi connectivity index (χ0n) is 9.61. The lowest BCUT2D eigenvalue weighted by Gasteiger charge is -2.57. The maximum absolute atomic E-state index is 5.94. The average molecular weight is 223 g/mol. The van der Waals surface area contributed by atoms with E-state index in [0.29, 0.717) is 24.2 Å². The molecule has 4 saturated heterocycles. The van der Waals surface area contributed by atoms with Gasteiger partial charge in [-0.1, -0.05) is 0 Å². The van der Waals surface area contributed by atoms with Gasteiger partial charge in [-0.25, -0.2) is 0 Å². The Morgan fingerprint density at radius 1 is 1.00 bits per heavy atom. The first-order chi connectivity index (χ1) is 7.93. The Bertz CT molecular complexity index is 285. The number of rotatable bonds is 1. The summed E-state index contributed by atoms with van der Waals surface area (Å²) < 4.78 is 5.94. The van der Waals surface area contributed by atoms with Crippen molar-refractivity contribution in [3.8, 4) is 0 Å². The molecule has 6 atom stereocenters. The van der Waals surface area contributed by atoms with Crippen LogP contribution < -0.4 is 16.0 Å². The van der Waals surface area contributed by atoms with Crippen molar-refractivity contribution in [3.05, 3.63) is 0 Å². The minimum atomic E-state index is 0.514. The molecule has 4 aliphatic heterocycles. The average Bonchev–Trinajstić information content (AvgIpc) is 2.22. The molecule has 0 spiro atoms. The minimum Gasteiger partial charge on any atom is -0.375 e. The molecule has 4 fully saturated rings. The molecular weight excluding hydrogens is 202 g/mol. The third kappa shape index (κ3) is 1.30. The molecule has 3 N–H and O–H groups in total. The fourth-order valence-corrected chi connectivity index (χ4v) is 3.96. The van der Waals surface area contributed by atoms with Gasteiger partial charge in [0, 0.05) is 37.3 Å². The number of piperidine rings is 1.